The van der Waals surface area contributed by atoms with E-state index in [9.17, 15) is 9.90 Å². The van der Waals surface area contributed by atoms with E-state index in [1.165, 1.54) is 0 Å². The lowest BCUT2D eigenvalue weighted by Gasteiger charge is -2.38. The monoisotopic (exact) mass is 248 g/mol. The normalized spacial score (nSPS) is 47.6. The van der Waals surface area contributed by atoms with E-state index in [0.717, 1.165) is 31.3 Å². The molecular weight excluding hydrogens is 228 g/mol. The van der Waals surface area contributed by atoms with Crippen molar-refractivity contribution in [3.05, 3.63) is 24.3 Å². The van der Waals surface area contributed by atoms with Gasteiger partial charge >= 0.3 is 5.97 Å². The van der Waals surface area contributed by atoms with Gasteiger partial charge in [-0.3, -0.25) is 0 Å². The summed E-state index contributed by atoms with van der Waals surface area (Å²) in [6.07, 6.45) is 3.17. The van der Waals surface area contributed by atoms with Crippen LogP contribution in [-0.4, -0.2) is 22.8 Å². The second-order valence-electron chi connectivity index (χ2n) is 6.07. The molecule has 1 saturated heterocycles. The van der Waals surface area contributed by atoms with Crippen LogP contribution in [0.2, 0.25) is 0 Å². The van der Waals surface area contributed by atoms with Gasteiger partial charge in [0.15, 0.2) is 0 Å². The molecule has 3 heteroatoms. The number of carbonyl (C=O) groups is 1. The van der Waals surface area contributed by atoms with Crippen LogP contribution < -0.4 is 0 Å². The molecule has 5 atom stereocenters. The third-order valence-corrected chi connectivity index (χ3v) is 5.27. The summed E-state index contributed by atoms with van der Waals surface area (Å²) in [7, 11) is 0. The largest absolute Gasteiger partial charge is 0.455 e. The fraction of sp³-hybridized carbons (Fsp3) is 0.667. The first-order chi connectivity index (χ1) is 8.46. The summed E-state index contributed by atoms with van der Waals surface area (Å²) >= 11 is 0. The van der Waals surface area contributed by atoms with Gasteiger partial charge in [0.2, 0.25) is 0 Å². The van der Waals surface area contributed by atoms with Crippen molar-refractivity contribution < 1.29 is 14.6 Å². The molecule has 3 nitrogen and oxygen atoms in total. The first-order valence-corrected chi connectivity index (χ1v) is 6.76. The molecule has 0 bridgehead atoms. The van der Waals surface area contributed by atoms with E-state index in [0.29, 0.717) is 5.57 Å². The predicted octanol–water partition coefficient (Wildman–Crippen LogP) is 2.21. The van der Waals surface area contributed by atoms with Crippen LogP contribution in [0.1, 0.15) is 32.6 Å². The molecule has 0 unspecified atom stereocenters. The Bertz CT molecular complexity index is 439. The summed E-state index contributed by atoms with van der Waals surface area (Å²) in [5.41, 5.74) is 0.703. The highest BCUT2D eigenvalue weighted by Gasteiger charge is 2.61. The number of hydrogen-bond donors (Lipinski definition) is 1. The third kappa shape index (κ3) is 1.31. The molecule has 0 aromatic heterocycles. The summed E-state index contributed by atoms with van der Waals surface area (Å²) < 4.78 is 5.46. The van der Waals surface area contributed by atoms with Crippen LogP contribution in [0.15, 0.2) is 24.3 Å². The number of rotatable bonds is 0. The maximum absolute atomic E-state index is 11.7. The first kappa shape index (κ1) is 12.0. The van der Waals surface area contributed by atoms with Gasteiger partial charge in [-0.2, -0.15) is 0 Å². The van der Waals surface area contributed by atoms with Crippen molar-refractivity contribution in [3.63, 3.8) is 0 Å². The van der Waals surface area contributed by atoms with Gasteiger partial charge in [0.05, 0.1) is 0 Å². The second-order valence-corrected chi connectivity index (χ2v) is 6.07. The van der Waals surface area contributed by atoms with E-state index in [1.807, 2.05) is 6.92 Å². The molecule has 3 fully saturated rings. The van der Waals surface area contributed by atoms with Crippen molar-refractivity contribution in [3.8, 4) is 0 Å². The van der Waals surface area contributed by atoms with Gasteiger partial charge < -0.3 is 9.84 Å². The molecule has 1 heterocycles. The topological polar surface area (TPSA) is 46.5 Å². The van der Waals surface area contributed by atoms with Gasteiger partial charge in [-0.1, -0.05) is 25.7 Å². The molecule has 3 aliphatic rings. The van der Waals surface area contributed by atoms with Gasteiger partial charge in [-0.15, -0.1) is 0 Å². The molecule has 18 heavy (non-hydrogen) atoms. The number of aliphatic hydroxyl groups is 1. The second kappa shape index (κ2) is 3.70. The first-order valence-electron chi connectivity index (χ1n) is 6.76. The summed E-state index contributed by atoms with van der Waals surface area (Å²) in [5.74, 6) is -0.154. The highest BCUT2D eigenvalue weighted by molar-refractivity contribution is 5.91. The van der Waals surface area contributed by atoms with Crippen molar-refractivity contribution in [1.82, 2.24) is 0 Å². The molecule has 3 rings (SSSR count). The molecule has 1 aliphatic heterocycles. The van der Waals surface area contributed by atoms with Crippen molar-refractivity contribution >= 4 is 5.97 Å². The lowest BCUT2D eigenvalue weighted by atomic mass is 9.75. The molecule has 1 N–H and O–H groups in total. The summed E-state index contributed by atoms with van der Waals surface area (Å²) in [5, 5.41) is 11.2. The maximum atomic E-state index is 11.7. The van der Waals surface area contributed by atoms with E-state index >= 15 is 0 Å². The van der Waals surface area contributed by atoms with Crippen LogP contribution >= 0.6 is 0 Å². The van der Waals surface area contributed by atoms with E-state index < -0.39 is 11.7 Å². The highest BCUT2D eigenvalue weighted by atomic mass is 16.6. The van der Waals surface area contributed by atoms with Gasteiger partial charge in [0.25, 0.3) is 0 Å². The van der Waals surface area contributed by atoms with Crippen LogP contribution in [0.4, 0.5) is 0 Å². The number of hydrogen-bond acceptors (Lipinski definition) is 3. The number of esters is 1. The molecule has 2 saturated carbocycles. The van der Waals surface area contributed by atoms with Crippen molar-refractivity contribution in [1.29, 1.82) is 0 Å². The minimum absolute atomic E-state index is 0.0372. The fourth-order valence-corrected chi connectivity index (χ4v) is 4.10. The number of carbonyl (C=O) groups excluding carboxylic acids is 1. The molecule has 0 spiro atoms. The molecule has 98 valence electrons. The average Bonchev–Trinajstić information content (AvgIpc) is 2.75. The highest BCUT2D eigenvalue weighted by Crippen LogP contribution is 2.54. The van der Waals surface area contributed by atoms with Gasteiger partial charge in [0, 0.05) is 17.4 Å². The molecule has 0 aromatic rings. The number of fused-ring (bicyclic) bond motifs is 3. The lowest BCUT2D eigenvalue weighted by molar-refractivity contribution is -0.163. The van der Waals surface area contributed by atoms with E-state index in [2.05, 4.69) is 13.2 Å². The Morgan fingerprint density at radius 1 is 1.33 bits per heavy atom. The zero-order valence-electron chi connectivity index (χ0n) is 10.8. The minimum Gasteiger partial charge on any atom is -0.455 e. The van der Waals surface area contributed by atoms with Crippen LogP contribution in [0.5, 0.6) is 0 Å². The molecule has 0 radical (unpaired) electrons. The maximum Gasteiger partial charge on any atom is 0.334 e. The van der Waals surface area contributed by atoms with Gasteiger partial charge in [-0.25, -0.2) is 4.79 Å². The average molecular weight is 248 g/mol. The Labute approximate surface area is 108 Å². The zero-order chi connectivity index (χ0) is 13.1. The van der Waals surface area contributed by atoms with E-state index in [4.69, 9.17) is 4.74 Å². The summed E-state index contributed by atoms with van der Waals surface area (Å²) in [4.78, 5) is 11.7. The van der Waals surface area contributed by atoms with Crippen LogP contribution in [0, 0.1) is 17.8 Å². The van der Waals surface area contributed by atoms with Crippen LogP contribution in [0.25, 0.3) is 0 Å². The van der Waals surface area contributed by atoms with Crippen molar-refractivity contribution in [2.75, 3.05) is 0 Å². The Kier molecular flexibility index (Phi) is 2.46. The fourth-order valence-electron chi connectivity index (χ4n) is 4.10. The smallest absolute Gasteiger partial charge is 0.334 e. The predicted molar refractivity (Wildman–Crippen MR) is 67.7 cm³/mol. The minimum atomic E-state index is -0.937. The van der Waals surface area contributed by atoms with Crippen LogP contribution in [0.3, 0.4) is 0 Å². The van der Waals surface area contributed by atoms with Gasteiger partial charge in [-0.05, 0) is 31.6 Å². The Morgan fingerprint density at radius 2 is 2.06 bits per heavy atom. The quantitative estimate of drug-likeness (QED) is 0.406. The Morgan fingerprint density at radius 3 is 2.78 bits per heavy atom. The van der Waals surface area contributed by atoms with Gasteiger partial charge in [0.1, 0.15) is 11.7 Å². The van der Waals surface area contributed by atoms with E-state index in [1.54, 1.807) is 0 Å². The third-order valence-electron chi connectivity index (χ3n) is 5.27. The van der Waals surface area contributed by atoms with Crippen molar-refractivity contribution in [2.45, 2.75) is 44.3 Å². The molecular formula is C15H20O3. The number of ether oxygens (including phenoxy) is 1. The van der Waals surface area contributed by atoms with Crippen LogP contribution in [-0.2, 0) is 9.53 Å². The van der Waals surface area contributed by atoms with Crippen molar-refractivity contribution in [2.24, 2.45) is 17.8 Å². The molecule has 2 aliphatic carbocycles. The SMILES string of the molecule is C=C1CC[C@H]2C(=C)C(=O)O[C@@H]2[C@]2(O)[C@@H]1CC[C@@H]2C. The summed E-state index contributed by atoms with van der Waals surface area (Å²) in [6, 6.07) is 0. The standard InChI is InChI=1S/C15H20O3/c1-8-4-6-11-10(3)14(16)18-13(11)15(17)9(2)5-7-12(8)15/h9,11-13,17H,1,3-7H2,2H3/t9-,11-,12+,13-,15+/m0/s1. The summed E-state index contributed by atoms with van der Waals surface area (Å²) in [6.45, 7) is 10.0. The lowest BCUT2D eigenvalue weighted by Crippen LogP contribution is -2.51. The Balaban J connectivity index is 2.07. The molecule has 0 amide bonds. The Hall–Kier alpha value is -1.09. The van der Waals surface area contributed by atoms with E-state index in [-0.39, 0.29) is 23.7 Å². The zero-order valence-corrected chi connectivity index (χ0v) is 10.8. The molecule has 0 aromatic carbocycles.